The van der Waals surface area contributed by atoms with Crippen molar-refractivity contribution in [2.24, 2.45) is 0 Å². The Balaban J connectivity index is 1.99. The summed E-state index contributed by atoms with van der Waals surface area (Å²) in [6.07, 6.45) is 2.80. The van der Waals surface area contributed by atoms with Crippen molar-refractivity contribution in [2.45, 2.75) is 37.1 Å². The number of nitrogens with one attached hydrogen (secondary N) is 1. The second-order valence-corrected chi connectivity index (χ2v) is 8.57. The second kappa shape index (κ2) is 9.59. The monoisotopic (exact) mass is 405 g/mol. The van der Waals surface area contributed by atoms with E-state index in [1.807, 2.05) is 25.1 Å². The van der Waals surface area contributed by atoms with Crippen LogP contribution in [0, 0.1) is 0 Å². The second-order valence-electron chi connectivity index (χ2n) is 6.56. The van der Waals surface area contributed by atoms with Crippen LogP contribution in [0.5, 0.6) is 11.5 Å². The van der Waals surface area contributed by atoms with Crippen LogP contribution >= 0.6 is 0 Å². The molecule has 28 heavy (non-hydrogen) atoms. The van der Waals surface area contributed by atoms with Gasteiger partial charge in [-0.05, 0) is 48.2 Å². The fourth-order valence-corrected chi connectivity index (χ4v) is 3.56. The molecule has 152 valence electrons. The summed E-state index contributed by atoms with van der Waals surface area (Å²) in [6, 6.07) is 12.1. The Kier molecular flexibility index (Phi) is 7.45. The first kappa shape index (κ1) is 21.8. The van der Waals surface area contributed by atoms with E-state index in [1.165, 1.54) is 6.26 Å². The molecule has 7 heteroatoms. The fraction of sp³-hybridized carbons (Fsp3) is 0.381. The maximum Gasteiger partial charge on any atom is 0.220 e. The van der Waals surface area contributed by atoms with Gasteiger partial charge in [-0.25, -0.2) is 8.42 Å². The molecular formula is C21H27NO5S. The highest BCUT2D eigenvalue weighted by Gasteiger charge is 2.15. The SMILES string of the molecule is CC[C@H](NC(=O)CCc1ccc(OC)c(OC)c1)c1ccc(S(C)(=O)=O)cc1. The van der Waals surface area contributed by atoms with Gasteiger partial charge in [0.15, 0.2) is 21.3 Å². The number of methoxy groups -OCH3 is 2. The minimum Gasteiger partial charge on any atom is -0.493 e. The molecule has 0 fully saturated rings. The van der Waals surface area contributed by atoms with E-state index >= 15 is 0 Å². The number of carbonyl (C=O) groups excluding carboxylic acids is 1. The highest BCUT2D eigenvalue weighted by Crippen LogP contribution is 2.28. The van der Waals surface area contributed by atoms with Crippen molar-refractivity contribution in [3.63, 3.8) is 0 Å². The third kappa shape index (κ3) is 5.73. The summed E-state index contributed by atoms with van der Waals surface area (Å²) in [5, 5.41) is 3.02. The van der Waals surface area contributed by atoms with Gasteiger partial charge in [-0.3, -0.25) is 4.79 Å². The van der Waals surface area contributed by atoms with Gasteiger partial charge in [-0.1, -0.05) is 25.1 Å². The van der Waals surface area contributed by atoms with Crippen LogP contribution < -0.4 is 14.8 Å². The number of aryl methyl sites for hydroxylation is 1. The Hall–Kier alpha value is -2.54. The van der Waals surface area contributed by atoms with Crippen molar-refractivity contribution in [2.75, 3.05) is 20.5 Å². The van der Waals surface area contributed by atoms with Gasteiger partial charge in [0.1, 0.15) is 0 Å². The summed E-state index contributed by atoms with van der Waals surface area (Å²) in [5.74, 6) is 1.23. The van der Waals surface area contributed by atoms with Crippen LogP contribution in [0.25, 0.3) is 0 Å². The molecule has 0 saturated carbocycles. The Labute approximate surface area is 166 Å². The van der Waals surface area contributed by atoms with Crippen LogP contribution in [0.4, 0.5) is 0 Å². The van der Waals surface area contributed by atoms with Gasteiger partial charge in [0.25, 0.3) is 0 Å². The molecule has 2 aromatic rings. The summed E-state index contributed by atoms with van der Waals surface area (Å²) in [6.45, 7) is 1.98. The molecule has 1 N–H and O–H groups in total. The number of carbonyl (C=O) groups is 1. The topological polar surface area (TPSA) is 81.7 Å². The Morgan fingerprint density at radius 2 is 1.68 bits per heavy atom. The Morgan fingerprint density at radius 3 is 2.21 bits per heavy atom. The lowest BCUT2D eigenvalue weighted by atomic mass is 10.0. The molecule has 0 aliphatic rings. The van der Waals surface area contributed by atoms with Gasteiger partial charge in [0.2, 0.25) is 5.91 Å². The van der Waals surface area contributed by atoms with Crippen LogP contribution in [-0.4, -0.2) is 34.8 Å². The highest BCUT2D eigenvalue weighted by atomic mass is 32.2. The molecule has 0 aliphatic carbocycles. The van der Waals surface area contributed by atoms with E-state index in [1.54, 1.807) is 38.5 Å². The number of hydrogen-bond acceptors (Lipinski definition) is 5. The molecule has 0 spiro atoms. The van der Waals surface area contributed by atoms with Crippen molar-refractivity contribution in [1.82, 2.24) is 5.32 Å². The van der Waals surface area contributed by atoms with Crippen molar-refractivity contribution in [1.29, 1.82) is 0 Å². The maximum absolute atomic E-state index is 12.4. The van der Waals surface area contributed by atoms with E-state index < -0.39 is 9.84 Å². The van der Waals surface area contributed by atoms with Gasteiger partial charge >= 0.3 is 0 Å². The summed E-state index contributed by atoms with van der Waals surface area (Å²) in [4.78, 5) is 12.7. The number of sulfone groups is 1. The molecule has 6 nitrogen and oxygen atoms in total. The molecule has 2 rings (SSSR count). The van der Waals surface area contributed by atoms with Gasteiger partial charge in [-0.2, -0.15) is 0 Å². The van der Waals surface area contributed by atoms with E-state index in [-0.39, 0.29) is 16.8 Å². The maximum atomic E-state index is 12.4. The van der Waals surface area contributed by atoms with Gasteiger partial charge in [0, 0.05) is 12.7 Å². The van der Waals surface area contributed by atoms with E-state index in [0.717, 1.165) is 11.1 Å². The lowest BCUT2D eigenvalue weighted by molar-refractivity contribution is -0.121. The zero-order valence-corrected chi connectivity index (χ0v) is 17.5. The Bertz CT molecular complexity index is 907. The number of benzene rings is 2. The zero-order valence-electron chi connectivity index (χ0n) is 16.7. The lowest BCUT2D eigenvalue weighted by Crippen LogP contribution is -2.28. The number of hydrogen-bond donors (Lipinski definition) is 1. The van der Waals surface area contributed by atoms with Crippen LogP contribution in [0.2, 0.25) is 0 Å². The van der Waals surface area contributed by atoms with Crippen molar-refractivity contribution < 1.29 is 22.7 Å². The molecule has 2 aromatic carbocycles. The van der Waals surface area contributed by atoms with Gasteiger partial charge in [-0.15, -0.1) is 0 Å². The largest absolute Gasteiger partial charge is 0.493 e. The standard InChI is InChI=1S/C21H27NO5S/c1-5-18(16-8-10-17(11-9-16)28(4,24)25)22-21(23)13-7-15-6-12-19(26-2)20(14-15)27-3/h6,8-12,14,18H,5,7,13H2,1-4H3,(H,22,23)/t18-/m0/s1. The quantitative estimate of drug-likeness (QED) is 0.692. The lowest BCUT2D eigenvalue weighted by Gasteiger charge is -2.18. The molecule has 0 aliphatic heterocycles. The normalized spacial score (nSPS) is 12.3. The van der Waals surface area contributed by atoms with Crippen molar-refractivity contribution in [3.05, 3.63) is 53.6 Å². The summed E-state index contributed by atoms with van der Waals surface area (Å²) in [5.41, 5.74) is 1.87. The third-order valence-electron chi connectivity index (χ3n) is 4.54. The van der Waals surface area contributed by atoms with Crippen LogP contribution in [0.3, 0.4) is 0 Å². The van der Waals surface area contributed by atoms with Gasteiger partial charge in [0.05, 0.1) is 25.2 Å². The van der Waals surface area contributed by atoms with E-state index in [0.29, 0.717) is 30.8 Å². The first-order valence-electron chi connectivity index (χ1n) is 9.08. The van der Waals surface area contributed by atoms with E-state index in [2.05, 4.69) is 5.32 Å². The first-order chi connectivity index (χ1) is 13.3. The summed E-state index contributed by atoms with van der Waals surface area (Å²) >= 11 is 0. The van der Waals surface area contributed by atoms with E-state index in [9.17, 15) is 13.2 Å². The van der Waals surface area contributed by atoms with Gasteiger partial charge < -0.3 is 14.8 Å². The molecular weight excluding hydrogens is 378 g/mol. The molecule has 0 heterocycles. The predicted molar refractivity (Wildman–Crippen MR) is 109 cm³/mol. The minimum atomic E-state index is -3.23. The minimum absolute atomic E-state index is 0.0613. The third-order valence-corrected chi connectivity index (χ3v) is 5.67. The average Bonchev–Trinajstić information content (AvgIpc) is 2.69. The molecule has 0 saturated heterocycles. The molecule has 1 amide bonds. The van der Waals surface area contributed by atoms with Crippen LogP contribution in [0.15, 0.2) is 47.4 Å². The smallest absolute Gasteiger partial charge is 0.220 e. The number of ether oxygens (including phenoxy) is 2. The van der Waals surface area contributed by atoms with Crippen molar-refractivity contribution >= 4 is 15.7 Å². The molecule has 0 radical (unpaired) electrons. The van der Waals surface area contributed by atoms with Crippen LogP contribution in [-0.2, 0) is 21.1 Å². The first-order valence-corrected chi connectivity index (χ1v) is 11.0. The predicted octanol–water partition coefficient (Wildman–Crippen LogP) is 3.31. The van der Waals surface area contributed by atoms with Crippen molar-refractivity contribution in [3.8, 4) is 11.5 Å². The Morgan fingerprint density at radius 1 is 1.04 bits per heavy atom. The average molecular weight is 406 g/mol. The van der Waals surface area contributed by atoms with Crippen LogP contribution in [0.1, 0.15) is 36.9 Å². The molecule has 0 unspecified atom stereocenters. The molecule has 0 bridgehead atoms. The van der Waals surface area contributed by atoms with E-state index in [4.69, 9.17) is 9.47 Å². The summed E-state index contributed by atoms with van der Waals surface area (Å²) < 4.78 is 33.7. The number of rotatable bonds is 9. The fourth-order valence-electron chi connectivity index (χ4n) is 2.93. The number of amides is 1. The molecule has 0 aromatic heterocycles. The molecule has 1 atom stereocenters. The zero-order chi connectivity index (χ0) is 20.7. The summed E-state index contributed by atoms with van der Waals surface area (Å²) in [7, 11) is -0.0714. The highest BCUT2D eigenvalue weighted by molar-refractivity contribution is 7.90.